The molecule has 9 N–H and O–H groups in total. The molecule has 4 aromatic heterocycles. The van der Waals surface area contributed by atoms with Gasteiger partial charge in [-0.25, -0.2) is 0 Å². The molecule has 0 radical (unpaired) electrons. The van der Waals surface area contributed by atoms with Gasteiger partial charge in [0.25, 0.3) is 0 Å². The van der Waals surface area contributed by atoms with Crippen molar-refractivity contribution < 1.29 is 71.3 Å². The second-order valence-electron chi connectivity index (χ2n) is 26.1. The summed E-state index contributed by atoms with van der Waals surface area (Å²) < 4.78 is 77.2. The molecular weight excluding hydrogens is 1450 g/mol. The minimum atomic E-state index is -4.58. The smallest absolute Gasteiger partial charge is 0.419 e. The molecule has 113 heavy (non-hydrogen) atoms. The third-order valence-corrected chi connectivity index (χ3v) is 17.6. The normalized spacial score (nSPS) is 11.9. The molecule has 582 valence electrons. The summed E-state index contributed by atoms with van der Waals surface area (Å²) in [6.45, 7) is 5.90. The minimum absolute atomic E-state index is 0.163. The van der Waals surface area contributed by atoms with Crippen LogP contribution in [0.15, 0.2) is 292 Å². The highest BCUT2D eigenvalue weighted by atomic mass is 19.4. The summed E-state index contributed by atoms with van der Waals surface area (Å²) in [6.07, 6.45) is 9.60. The number of aryl methyl sites for hydroxylation is 1. The standard InChI is InChI=1S/C32H31F3N2O4.2C28H28N4O4/c1-22-10-2-6-14-27(22)40-28-15-7-3-11-23(28)20-37(19-18-26(36)31(38)39)21-24-12-4-8-16-29(24)41-30-17-9-5-13-25(30)32(33,34)35;29-25(28(33)34)13-16-32(19-21-7-1-3-11-26(21)35-23-9-5-14-30-17-23)20-22-8-2-4-12-27(22)36-24-10-6-15-31-18-24;29-25(28(33)34)13-18-32(19-21-5-1-3-7-26(21)35-23-9-14-30-15-10-23)20-22-6-2-4-8-27(22)36-24-11-16-31-17-12-24/h2-17,26H,18-21,36H2,1H3,(H,38,39);1-12,14-15,17-18,25H,13,16,19-20,29H2,(H,33,34);1-12,14-17,25H,13,18-20,29H2,(H,33,34)/t26-;2*25-/m000/s1. The quantitative estimate of drug-likeness (QED) is 0.0213. The van der Waals surface area contributed by atoms with Gasteiger partial charge < -0.3 is 60.9 Å². The maximum Gasteiger partial charge on any atom is 0.419 e. The fraction of sp³-hybridized carbons (Fsp3) is 0.193. The summed E-state index contributed by atoms with van der Waals surface area (Å²) in [5.41, 5.74) is 22.9. The topological polar surface area (TPSA) is 307 Å². The number of para-hydroxylation sites is 8. The molecular formula is C88H87F3N10O12. The summed E-state index contributed by atoms with van der Waals surface area (Å²) in [7, 11) is 0. The number of carboxylic acids is 3. The molecule has 0 aliphatic heterocycles. The molecule has 8 aromatic carbocycles. The van der Waals surface area contributed by atoms with Gasteiger partial charge in [0.15, 0.2) is 0 Å². The zero-order chi connectivity index (χ0) is 79.7. The van der Waals surface area contributed by atoms with E-state index in [2.05, 4.69) is 29.7 Å². The Kier molecular flexibility index (Phi) is 31.0. The van der Waals surface area contributed by atoms with Crippen LogP contribution in [-0.4, -0.2) is 106 Å². The summed E-state index contributed by atoms with van der Waals surface area (Å²) in [5, 5.41) is 27.9. The van der Waals surface area contributed by atoms with Crippen LogP contribution >= 0.6 is 0 Å². The maximum absolute atomic E-state index is 13.6. The van der Waals surface area contributed by atoms with Gasteiger partial charge in [0.2, 0.25) is 0 Å². The molecule has 3 atom stereocenters. The van der Waals surface area contributed by atoms with Gasteiger partial charge in [0.1, 0.15) is 87.1 Å². The zero-order valence-corrected chi connectivity index (χ0v) is 61.9. The second kappa shape index (κ2) is 42.3. The van der Waals surface area contributed by atoms with Crippen molar-refractivity contribution in [2.24, 2.45) is 17.2 Å². The highest BCUT2D eigenvalue weighted by molar-refractivity contribution is 5.74. The third-order valence-electron chi connectivity index (χ3n) is 17.6. The van der Waals surface area contributed by atoms with E-state index < -0.39 is 47.8 Å². The number of aliphatic carboxylic acids is 3. The number of rotatable bonds is 36. The Bertz CT molecular complexity index is 4600. The largest absolute Gasteiger partial charge is 0.480 e. The van der Waals surface area contributed by atoms with Crippen molar-refractivity contribution in [2.45, 2.75) is 89.8 Å². The number of carbonyl (C=O) groups is 3. The summed E-state index contributed by atoms with van der Waals surface area (Å²) >= 11 is 0. The maximum atomic E-state index is 13.6. The average molecular weight is 1530 g/mol. The Morgan fingerprint density at radius 2 is 0.593 bits per heavy atom. The number of nitrogens with two attached hydrogens (primary N) is 3. The average Bonchev–Trinajstić information content (AvgIpc) is 0.810. The van der Waals surface area contributed by atoms with Crippen LogP contribution in [0.2, 0.25) is 0 Å². The van der Waals surface area contributed by atoms with Gasteiger partial charge >= 0.3 is 24.1 Å². The monoisotopic (exact) mass is 1530 g/mol. The lowest BCUT2D eigenvalue weighted by Gasteiger charge is -2.26. The number of hydrogen-bond donors (Lipinski definition) is 6. The van der Waals surface area contributed by atoms with E-state index >= 15 is 0 Å². The van der Waals surface area contributed by atoms with E-state index in [1.54, 1.807) is 98.1 Å². The van der Waals surface area contributed by atoms with E-state index in [1.165, 1.54) is 18.2 Å². The summed E-state index contributed by atoms with van der Waals surface area (Å²) in [5.74, 6) is 3.67. The Hall–Kier alpha value is -12.9. The van der Waals surface area contributed by atoms with Crippen LogP contribution in [0.3, 0.4) is 0 Å². The Labute approximate surface area is 653 Å². The molecule has 0 amide bonds. The molecule has 12 rings (SSSR count). The Morgan fingerprint density at radius 1 is 0.327 bits per heavy atom. The van der Waals surface area contributed by atoms with Gasteiger partial charge in [-0.15, -0.1) is 0 Å². The van der Waals surface area contributed by atoms with Crippen LogP contribution in [0, 0.1) is 6.92 Å². The molecule has 0 aliphatic carbocycles. The van der Waals surface area contributed by atoms with Crippen LogP contribution in [0.4, 0.5) is 13.2 Å². The number of benzene rings is 8. The number of halogens is 3. The number of pyridine rings is 4. The van der Waals surface area contributed by atoms with E-state index in [-0.39, 0.29) is 24.5 Å². The minimum Gasteiger partial charge on any atom is -0.480 e. The molecule has 0 spiro atoms. The van der Waals surface area contributed by atoms with Crippen molar-refractivity contribution >= 4 is 17.9 Å². The predicted octanol–water partition coefficient (Wildman–Crippen LogP) is 17.1. The Balaban J connectivity index is 0.000000180. The van der Waals surface area contributed by atoms with E-state index in [4.69, 9.17) is 45.6 Å². The Morgan fingerprint density at radius 3 is 0.885 bits per heavy atom. The number of nitrogens with zero attached hydrogens (tertiary/aromatic N) is 7. The molecule has 12 aromatic rings. The molecule has 0 saturated heterocycles. The van der Waals surface area contributed by atoms with E-state index in [0.29, 0.717) is 117 Å². The van der Waals surface area contributed by atoms with Crippen LogP contribution < -0.4 is 45.6 Å². The van der Waals surface area contributed by atoms with Crippen molar-refractivity contribution in [1.29, 1.82) is 0 Å². The van der Waals surface area contributed by atoms with Crippen molar-refractivity contribution in [3.63, 3.8) is 0 Å². The van der Waals surface area contributed by atoms with Crippen molar-refractivity contribution in [3.8, 4) is 69.0 Å². The van der Waals surface area contributed by atoms with Gasteiger partial charge in [0, 0.05) is 129 Å². The second-order valence-corrected chi connectivity index (χ2v) is 26.1. The lowest BCUT2D eigenvalue weighted by atomic mass is 10.1. The van der Waals surface area contributed by atoms with E-state index in [9.17, 15) is 42.9 Å². The van der Waals surface area contributed by atoms with Crippen molar-refractivity contribution in [2.75, 3.05) is 19.6 Å². The lowest BCUT2D eigenvalue weighted by Crippen LogP contribution is -2.35. The first-order chi connectivity index (χ1) is 54.8. The first kappa shape index (κ1) is 82.6. The van der Waals surface area contributed by atoms with E-state index in [0.717, 1.165) is 50.9 Å². The van der Waals surface area contributed by atoms with Gasteiger partial charge in [-0.2, -0.15) is 13.2 Å². The van der Waals surface area contributed by atoms with Gasteiger partial charge in [-0.3, -0.25) is 49.0 Å². The molecule has 0 aliphatic rings. The van der Waals surface area contributed by atoms with Gasteiger partial charge in [-0.1, -0.05) is 140 Å². The third kappa shape index (κ3) is 26.4. The highest BCUT2D eigenvalue weighted by Crippen LogP contribution is 2.40. The first-order valence-corrected chi connectivity index (χ1v) is 36.3. The van der Waals surface area contributed by atoms with Crippen LogP contribution in [0.25, 0.3) is 0 Å². The summed E-state index contributed by atoms with van der Waals surface area (Å²) in [6, 6.07) is 69.7. The number of aromatic nitrogens is 4. The number of ether oxygens (including phenoxy) is 6. The van der Waals surface area contributed by atoms with Crippen molar-refractivity contribution in [1.82, 2.24) is 34.6 Å². The molecule has 0 bridgehead atoms. The first-order valence-electron chi connectivity index (χ1n) is 36.3. The number of carboxylic acid groups (broad SMARTS) is 3. The predicted molar refractivity (Wildman–Crippen MR) is 422 cm³/mol. The zero-order valence-electron chi connectivity index (χ0n) is 61.9. The van der Waals surface area contributed by atoms with E-state index in [1.807, 2.05) is 182 Å². The van der Waals surface area contributed by atoms with Crippen LogP contribution in [0.1, 0.15) is 63.8 Å². The van der Waals surface area contributed by atoms with Crippen LogP contribution in [0.5, 0.6) is 69.0 Å². The summed E-state index contributed by atoms with van der Waals surface area (Å²) in [4.78, 5) is 56.7. The van der Waals surface area contributed by atoms with Gasteiger partial charge in [-0.05, 0) is 135 Å². The molecule has 0 saturated carbocycles. The van der Waals surface area contributed by atoms with Crippen LogP contribution in [-0.2, 0) is 59.8 Å². The molecule has 25 heteroatoms. The molecule has 0 fully saturated rings. The molecule has 4 heterocycles. The SMILES string of the molecule is Cc1ccccc1Oc1ccccc1CN(CC[C@H](N)C(=O)O)Cc1ccccc1Oc1ccccc1C(F)(F)F.N[C@@H](CCN(Cc1ccccc1Oc1cccnc1)Cc1ccccc1Oc1cccnc1)C(=O)O.N[C@@H](CCN(Cc1ccccc1Oc1ccncc1)Cc1ccccc1Oc1ccncc1)C(=O)O. The fourth-order valence-electron chi connectivity index (χ4n) is 11.7. The number of hydrogen-bond acceptors (Lipinski definition) is 19. The molecule has 0 unspecified atom stereocenters. The van der Waals surface area contributed by atoms with Gasteiger partial charge in [0.05, 0.1) is 18.0 Å². The lowest BCUT2D eigenvalue weighted by molar-refractivity contribution is -0.139. The number of alkyl halides is 3. The highest BCUT2D eigenvalue weighted by Gasteiger charge is 2.35. The molecule has 22 nitrogen and oxygen atoms in total. The van der Waals surface area contributed by atoms with Crippen molar-refractivity contribution in [3.05, 3.63) is 337 Å². The fourth-order valence-corrected chi connectivity index (χ4v) is 11.7.